The van der Waals surface area contributed by atoms with E-state index in [0.29, 0.717) is 5.01 Å². The van der Waals surface area contributed by atoms with Gasteiger partial charge in [-0.2, -0.15) is 10.4 Å². The Labute approximate surface area is 150 Å². The summed E-state index contributed by atoms with van der Waals surface area (Å²) in [6.45, 7) is 2.02. The number of nitriles is 1. The first-order valence-corrected chi connectivity index (χ1v) is 8.48. The van der Waals surface area contributed by atoms with E-state index in [1.165, 1.54) is 16.9 Å². The number of rotatable bonds is 5. The van der Waals surface area contributed by atoms with Gasteiger partial charge in [0.05, 0.1) is 18.5 Å². The number of hydrazone groups is 1. The summed E-state index contributed by atoms with van der Waals surface area (Å²) < 4.78 is 5.16. The van der Waals surface area contributed by atoms with Crippen molar-refractivity contribution in [3.05, 3.63) is 64.5 Å². The maximum Gasteiger partial charge on any atom is 0.196 e. The lowest BCUT2D eigenvalue weighted by Gasteiger charge is -2.01. The summed E-state index contributed by atoms with van der Waals surface area (Å²) in [5.41, 5.74) is 6.92. The molecule has 3 aromatic rings. The summed E-state index contributed by atoms with van der Waals surface area (Å²) in [6, 6.07) is 17.5. The van der Waals surface area contributed by atoms with Crippen molar-refractivity contribution in [1.82, 2.24) is 4.98 Å². The molecule has 0 bridgehead atoms. The number of thiazole rings is 1. The van der Waals surface area contributed by atoms with Crippen molar-refractivity contribution in [2.24, 2.45) is 5.10 Å². The number of methoxy groups -OCH3 is 1. The second kappa shape index (κ2) is 7.60. The topological polar surface area (TPSA) is 70.3 Å². The van der Waals surface area contributed by atoms with E-state index < -0.39 is 0 Å². The van der Waals surface area contributed by atoms with Gasteiger partial charge in [-0.3, -0.25) is 5.43 Å². The third-order valence-corrected chi connectivity index (χ3v) is 4.40. The third-order valence-electron chi connectivity index (χ3n) is 3.55. The lowest BCUT2D eigenvalue weighted by atomic mass is 10.2. The Balaban J connectivity index is 1.79. The smallest absolute Gasteiger partial charge is 0.196 e. The number of nitrogens with zero attached hydrogens (tertiary/aromatic N) is 3. The second-order valence-corrected chi connectivity index (χ2v) is 6.17. The second-order valence-electron chi connectivity index (χ2n) is 5.32. The predicted octanol–water partition coefficient (Wildman–Crippen LogP) is 4.47. The van der Waals surface area contributed by atoms with Crippen molar-refractivity contribution in [3.8, 4) is 23.1 Å². The molecular formula is C19H16N4OS. The summed E-state index contributed by atoms with van der Waals surface area (Å²) in [6.07, 6.45) is 0. The minimum Gasteiger partial charge on any atom is -0.497 e. The quantitative estimate of drug-likeness (QED) is 0.545. The summed E-state index contributed by atoms with van der Waals surface area (Å²) in [5, 5.41) is 16.0. The lowest BCUT2D eigenvalue weighted by Crippen LogP contribution is -2.01. The fourth-order valence-electron chi connectivity index (χ4n) is 2.15. The largest absolute Gasteiger partial charge is 0.497 e. The molecule has 0 saturated heterocycles. The molecule has 0 saturated carbocycles. The van der Waals surface area contributed by atoms with Crippen molar-refractivity contribution in [1.29, 1.82) is 5.26 Å². The Bertz CT molecular complexity index is 921. The SMILES string of the molecule is COc1ccc(-c2csc(C(C#N)=NNc3ccc(C)cc3)n2)cc1. The number of aromatic nitrogens is 1. The van der Waals surface area contributed by atoms with Gasteiger partial charge >= 0.3 is 0 Å². The van der Waals surface area contributed by atoms with Gasteiger partial charge in [0.2, 0.25) is 0 Å². The molecule has 6 heteroatoms. The van der Waals surface area contributed by atoms with Crippen molar-refractivity contribution in [2.45, 2.75) is 6.92 Å². The zero-order chi connectivity index (χ0) is 17.6. The number of benzene rings is 2. The number of anilines is 1. The highest BCUT2D eigenvalue weighted by Gasteiger charge is 2.10. The summed E-state index contributed by atoms with van der Waals surface area (Å²) in [5.74, 6) is 0.792. The minimum absolute atomic E-state index is 0.255. The normalized spacial score (nSPS) is 11.0. The minimum atomic E-state index is 0.255. The third kappa shape index (κ3) is 4.03. The fraction of sp³-hybridized carbons (Fsp3) is 0.105. The Morgan fingerprint density at radius 1 is 1.16 bits per heavy atom. The Kier molecular flexibility index (Phi) is 5.07. The number of ether oxygens (including phenoxy) is 1. The van der Waals surface area contributed by atoms with Crippen LogP contribution in [0.15, 0.2) is 59.0 Å². The Hall–Kier alpha value is -3.17. The maximum absolute atomic E-state index is 9.38. The first kappa shape index (κ1) is 16.7. The van der Waals surface area contributed by atoms with Gasteiger partial charge in [-0.25, -0.2) is 4.98 Å². The molecule has 25 heavy (non-hydrogen) atoms. The molecule has 0 spiro atoms. The highest BCUT2D eigenvalue weighted by molar-refractivity contribution is 7.12. The summed E-state index contributed by atoms with van der Waals surface area (Å²) >= 11 is 1.39. The average molecular weight is 348 g/mol. The van der Waals surface area contributed by atoms with Crippen LogP contribution in [0, 0.1) is 18.3 Å². The first-order valence-electron chi connectivity index (χ1n) is 7.60. The summed E-state index contributed by atoms with van der Waals surface area (Å²) in [7, 11) is 1.63. The van der Waals surface area contributed by atoms with Crippen molar-refractivity contribution < 1.29 is 4.74 Å². The van der Waals surface area contributed by atoms with Crippen molar-refractivity contribution >= 4 is 22.7 Å². The van der Waals surface area contributed by atoms with Crippen LogP contribution in [0.1, 0.15) is 10.6 Å². The number of nitrogens with one attached hydrogen (secondary N) is 1. The molecule has 124 valence electrons. The number of hydrogen-bond acceptors (Lipinski definition) is 6. The first-order chi connectivity index (χ1) is 12.2. The molecule has 2 aromatic carbocycles. The predicted molar refractivity (Wildman–Crippen MR) is 101 cm³/mol. The zero-order valence-corrected chi connectivity index (χ0v) is 14.7. The van der Waals surface area contributed by atoms with Crippen LogP contribution in [0.4, 0.5) is 5.69 Å². The van der Waals surface area contributed by atoms with Crippen molar-refractivity contribution in [2.75, 3.05) is 12.5 Å². The molecule has 1 heterocycles. The van der Waals surface area contributed by atoms with Gasteiger partial charge in [0, 0.05) is 10.9 Å². The number of aryl methyl sites for hydroxylation is 1. The van der Waals surface area contributed by atoms with Crippen LogP contribution in [0.25, 0.3) is 11.3 Å². The van der Waals surface area contributed by atoms with E-state index in [1.807, 2.05) is 60.8 Å². The molecule has 0 atom stereocenters. The zero-order valence-electron chi connectivity index (χ0n) is 13.9. The molecule has 0 amide bonds. The van der Waals surface area contributed by atoms with Crippen LogP contribution in [-0.4, -0.2) is 17.8 Å². The monoisotopic (exact) mass is 348 g/mol. The van der Waals surface area contributed by atoms with Gasteiger partial charge in [0.25, 0.3) is 0 Å². The molecule has 0 radical (unpaired) electrons. The molecule has 1 aromatic heterocycles. The van der Waals surface area contributed by atoms with E-state index in [0.717, 1.165) is 22.7 Å². The Morgan fingerprint density at radius 3 is 2.52 bits per heavy atom. The molecule has 3 rings (SSSR count). The van der Waals surface area contributed by atoms with E-state index in [2.05, 4.69) is 21.6 Å². The van der Waals surface area contributed by atoms with E-state index in [-0.39, 0.29) is 5.71 Å². The maximum atomic E-state index is 9.38. The van der Waals surface area contributed by atoms with Gasteiger partial charge in [0.15, 0.2) is 10.7 Å². The molecule has 0 fully saturated rings. The van der Waals surface area contributed by atoms with Gasteiger partial charge in [0.1, 0.15) is 11.8 Å². The molecular weight excluding hydrogens is 332 g/mol. The van der Waals surface area contributed by atoms with Crippen LogP contribution in [0.3, 0.4) is 0 Å². The molecule has 1 N–H and O–H groups in total. The van der Waals surface area contributed by atoms with Crippen LogP contribution in [-0.2, 0) is 0 Å². The van der Waals surface area contributed by atoms with Gasteiger partial charge < -0.3 is 4.74 Å². The number of hydrogen-bond donors (Lipinski definition) is 1. The van der Waals surface area contributed by atoms with E-state index in [4.69, 9.17) is 4.74 Å². The Morgan fingerprint density at radius 2 is 1.88 bits per heavy atom. The fourth-order valence-corrected chi connectivity index (χ4v) is 2.91. The molecule has 0 aliphatic carbocycles. The standard InChI is InChI=1S/C19H16N4OS/c1-13-3-7-15(8-4-13)22-23-17(11-20)19-21-18(12-25-19)14-5-9-16(24-2)10-6-14/h3-10,12,22H,1-2H3. The van der Waals surface area contributed by atoms with Gasteiger partial charge in [-0.15, -0.1) is 11.3 Å². The van der Waals surface area contributed by atoms with E-state index in [9.17, 15) is 5.26 Å². The van der Waals surface area contributed by atoms with Crippen molar-refractivity contribution in [3.63, 3.8) is 0 Å². The lowest BCUT2D eigenvalue weighted by molar-refractivity contribution is 0.415. The highest BCUT2D eigenvalue weighted by atomic mass is 32.1. The molecule has 5 nitrogen and oxygen atoms in total. The average Bonchev–Trinajstić information content (AvgIpc) is 3.14. The summed E-state index contributed by atoms with van der Waals surface area (Å²) in [4.78, 5) is 4.52. The van der Waals surface area contributed by atoms with Crippen LogP contribution >= 0.6 is 11.3 Å². The van der Waals surface area contributed by atoms with Crippen LogP contribution < -0.4 is 10.2 Å². The molecule has 0 aliphatic rings. The van der Waals surface area contributed by atoms with Crippen LogP contribution in [0.2, 0.25) is 0 Å². The molecule has 0 aliphatic heterocycles. The van der Waals surface area contributed by atoms with Crippen LogP contribution in [0.5, 0.6) is 5.75 Å². The van der Waals surface area contributed by atoms with Gasteiger partial charge in [-0.05, 0) is 43.3 Å². The van der Waals surface area contributed by atoms with E-state index >= 15 is 0 Å². The highest BCUT2D eigenvalue weighted by Crippen LogP contribution is 2.24. The van der Waals surface area contributed by atoms with E-state index in [1.54, 1.807) is 7.11 Å². The molecule has 0 unspecified atom stereocenters. The van der Waals surface area contributed by atoms with Gasteiger partial charge in [-0.1, -0.05) is 17.7 Å².